The molecule has 7 N–H and O–H groups in total. The number of rotatable bonds is 1. The van der Waals surface area contributed by atoms with Crippen molar-refractivity contribution in [1.82, 2.24) is 20.6 Å². The van der Waals surface area contributed by atoms with Crippen LogP contribution in [0.5, 0.6) is 0 Å². The predicted octanol–water partition coefficient (Wildman–Crippen LogP) is -2.31. The maximum absolute atomic E-state index is 4.96. The fraction of sp³-hybridized carbons (Fsp3) is 0.667. The molecule has 0 bridgehead atoms. The van der Waals surface area contributed by atoms with Crippen molar-refractivity contribution < 1.29 is 0 Å². The first-order valence-corrected chi connectivity index (χ1v) is 2.70. The van der Waals surface area contributed by atoms with Crippen LogP contribution in [0.25, 0.3) is 0 Å². The molecule has 0 amide bonds. The zero-order valence-electron chi connectivity index (χ0n) is 5.49. The molecule has 0 saturated heterocycles. The van der Waals surface area contributed by atoms with Gasteiger partial charge in [-0.15, -0.1) is 5.10 Å². The Morgan fingerprint density at radius 1 is 1.30 bits per heavy atom. The van der Waals surface area contributed by atoms with Crippen molar-refractivity contribution in [3.8, 4) is 0 Å². The van der Waals surface area contributed by atoms with Crippen LogP contribution in [0.3, 0.4) is 0 Å². The minimum absolute atomic E-state index is 0.176. The van der Waals surface area contributed by atoms with Crippen molar-refractivity contribution in [3.63, 3.8) is 0 Å². The van der Waals surface area contributed by atoms with Gasteiger partial charge in [0.25, 0.3) is 5.95 Å². The van der Waals surface area contributed by atoms with E-state index in [4.69, 9.17) is 17.2 Å². The first kappa shape index (κ1) is 8.79. The van der Waals surface area contributed by atoms with E-state index in [1.54, 1.807) is 0 Å². The van der Waals surface area contributed by atoms with Crippen LogP contribution >= 0.6 is 0 Å². The van der Waals surface area contributed by atoms with Gasteiger partial charge in [0.1, 0.15) is 0 Å². The molecule has 0 atom stereocenters. The lowest BCUT2D eigenvalue weighted by atomic mass is 10.7. The molecule has 0 aliphatic heterocycles. The number of aromatic amines is 1. The van der Waals surface area contributed by atoms with Crippen LogP contribution in [-0.2, 0) is 0 Å². The third-order valence-corrected chi connectivity index (χ3v) is 0.528. The van der Waals surface area contributed by atoms with Gasteiger partial charge >= 0.3 is 0 Å². The normalized spacial score (nSPS) is 8.20. The summed E-state index contributed by atoms with van der Waals surface area (Å²) < 4.78 is 0. The van der Waals surface area contributed by atoms with Gasteiger partial charge in [0.05, 0.1) is 0 Å². The van der Waals surface area contributed by atoms with E-state index in [0.717, 1.165) is 0 Å². The Hall–Kier alpha value is -1.21. The molecule has 0 aromatic carbocycles. The lowest BCUT2D eigenvalue weighted by Crippen LogP contribution is -2.11. The molecular formula is C3H11N7. The number of aromatic nitrogens is 4. The largest absolute Gasteiger partial charge is 0.365 e. The molecule has 0 radical (unpaired) electrons. The van der Waals surface area contributed by atoms with E-state index < -0.39 is 0 Å². The maximum atomic E-state index is 4.96. The fourth-order valence-corrected chi connectivity index (χ4v) is 0.170. The lowest BCUT2D eigenvalue weighted by molar-refractivity contribution is 0.881. The summed E-state index contributed by atoms with van der Waals surface area (Å²) in [5.41, 5.74) is 14.8. The zero-order chi connectivity index (χ0) is 7.82. The van der Waals surface area contributed by atoms with Crippen molar-refractivity contribution in [1.29, 1.82) is 0 Å². The molecule has 7 heteroatoms. The van der Waals surface area contributed by atoms with Crippen molar-refractivity contribution in [2.75, 3.05) is 18.8 Å². The highest BCUT2D eigenvalue weighted by Crippen LogP contribution is 1.72. The number of H-pyrrole nitrogens is 1. The Morgan fingerprint density at radius 3 is 2.00 bits per heavy atom. The van der Waals surface area contributed by atoms with Gasteiger partial charge in [0.15, 0.2) is 0 Å². The molecule has 1 rings (SSSR count). The van der Waals surface area contributed by atoms with E-state index >= 15 is 0 Å². The second kappa shape index (κ2) is 5.92. The predicted molar refractivity (Wildman–Crippen MR) is 36.7 cm³/mol. The molecule has 0 aliphatic carbocycles. The Balaban J connectivity index is 0.000000180. The standard InChI is InChI=1S/C2H8N2.CH3N5/c3-1-2-4;2-1-3-5-6-4-1/h1-4H2;(H3,2,3,4,5,6). The number of nitrogens with zero attached hydrogens (tertiary/aromatic N) is 3. The van der Waals surface area contributed by atoms with E-state index in [0.29, 0.717) is 13.1 Å². The quantitative estimate of drug-likeness (QED) is 0.351. The van der Waals surface area contributed by atoms with Gasteiger partial charge in [0.2, 0.25) is 0 Å². The molecule has 0 unspecified atom stereocenters. The fourth-order valence-electron chi connectivity index (χ4n) is 0.170. The number of hydrogen-bond donors (Lipinski definition) is 4. The van der Waals surface area contributed by atoms with Gasteiger partial charge in [-0.2, -0.15) is 5.21 Å². The molecule has 1 aromatic rings. The molecule has 0 aliphatic rings. The van der Waals surface area contributed by atoms with Crippen molar-refractivity contribution >= 4 is 5.95 Å². The maximum Gasteiger partial charge on any atom is 0.260 e. The highest BCUT2D eigenvalue weighted by molar-refractivity contribution is 5.05. The van der Waals surface area contributed by atoms with Crippen LogP contribution in [0.1, 0.15) is 0 Å². The molecular weight excluding hydrogens is 134 g/mol. The van der Waals surface area contributed by atoms with Gasteiger partial charge in [-0.1, -0.05) is 5.10 Å². The van der Waals surface area contributed by atoms with Crippen molar-refractivity contribution in [2.45, 2.75) is 0 Å². The molecule has 1 aromatic heterocycles. The van der Waals surface area contributed by atoms with Crippen LogP contribution in [-0.4, -0.2) is 33.7 Å². The second-order valence-electron chi connectivity index (χ2n) is 1.35. The highest BCUT2D eigenvalue weighted by Gasteiger charge is 1.78. The first-order valence-electron chi connectivity index (χ1n) is 2.70. The third kappa shape index (κ3) is 4.94. The summed E-state index contributed by atoms with van der Waals surface area (Å²) in [4.78, 5) is 0. The first-order chi connectivity index (χ1) is 4.81. The highest BCUT2D eigenvalue weighted by atomic mass is 15.5. The van der Waals surface area contributed by atoms with E-state index in [-0.39, 0.29) is 5.95 Å². The van der Waals surface area contributed by atoms with Gasteiger partial charge in [0, 0.05) is 13.1 Å². The summed E-state index contributed by atoms with van der Waals surface area (Å²) in [5, 5.41) is 12.0. The number of anilines is 1. The average molecular weight is 145 g/mol. The summed E-state index contributed by atoms with van der Waals surface area (Å²) in [6.45, 7) is 1.19. The number of nitrogens with one attached hydrogen (secondary N) is 1. The summed E-state index contributed by atoms with van der Waals surface area (Å²) >= 11 is 0. The number of nitrogen functional groups attached to an aromatic ring is 1. The number of nitrogens with two attached hydrogens (primary N) is 3. The van der Waals surface area contributed by atoms with Gasteiger partial charge in [-0.05, 0) is 5.21 Å². The van der Waals surface area contributed by atoms with Gasteiger partial charge < -0.3 is 17.2 Å². The van der Waals surface area contributed by atoms with E-state index in [1.807, 2.05) is 0 Å². The van der Waals surface area contributed by atoms with E-state index in [2.05, 4.69) is 20.6 Å². The topological polar surface area (TPSA) is 133 Å². The Bertz CT molecular complexity index is 133. The van der Waals surface area contributed by atoms with Crippen LogP contribution < -0.4 is 17.2 Å². The average Bonchev–Trinajstić information content (AvgIpc) is 2.40. The minimum atomic E-state index is 0.176. The smallest absolute Gasteiger partial charge is 0.260 e. The number of tetrazole rings is 1. The molecule has 10 heavy (non-hydrogen) atoms. The number of hydrogen-bond acceptors (Lipinski definition) is 6. The Labute approximate surface area is 58.0 Å². The van der Waals surface area contributed by atoms with Crippen LogP contribution in [0.15, 0.2) is 0 Å². The van der Waals surface area contributed by atoms with Crippen LogP contribution in [0.4, 0.5) is 5.95 Å². The lowest BCUT2D eigenvalue weighted by Gasteiger charge is -1.72. The van der Waals surface area contributed by atoms with Crippen LogP contribution in [0.2, 0.25) is 0 Å². The molecule has 0 spiro atoms. The minimum Gasteiger partial charge on any atom is -0.365 e. The van der Waals surface area contributed by atoms with E-state index in [1.165, 1.54) is 0 Å². The Kier molecular flexibility index (Phi) is 5.20. The van der Waals surface area contributed by atoms with Crippen molar-refractivity contribution in [3.05, 3.63) is 0 Å². The monoisotopic (exact) mass is 145 g/mol. The second-order valence-corrected chi connectivity index (χ2v) is 1.35. The molecule has 0 fully saturated rings. The summed E-state index contributed by atoms with van der Waals surface area (Å²) in [6.07, 6.45) is 0. The molecule has 1 heterocycles. The zero-order valence-corrected chi connectivity index (χ0v) is 5.49. The molecule has 58 valence electrons. The summed E-state index contributed by atoms with van der Waals surface area (Å²) in [5.74, 6) is 0.176. The van der Waals surface area contributed by atoms with Crippen molar-refractivity contribution in [2.24, 2.45) is 11.5 Å². The van der Waals surface area contributed by atoms with Crippen LogP contribution in [0, 0.1) is 0 Å². The molecule has 0 saturated carbocycles. The molecule has 7 nitrogen and oxygen atoms in total. The summed E-state index contributed by atoms with van der Waals surface area (Å²) in [7, 11) is 0. The Morgan fingerprint density at radius 2 is 1.90 bits per heavy atom. The summed E-state index contributed by atoms with van der Waals surface area (Å²) in [6, 6.07) is 0. The third-order valence-electron chi connectivity index (χ3n) is 0.528. The van der Waals surface area contributed by atoms with E-state index in [9.17, 15) is 0 Å². The van der Waals surface area contributed by atoms with Gasteiger partial charge in [-0.25, -0.2) is 0 Å². The SMILES string of the molecule is NCCN.Nc1nn[nH]n1. The van der Waals surface area contributed by atoms with Gasteiger partial charge in [-0.3, -0.25) is 0 Å².